The van der Waals surface area contributed by atoms with Gasteiger partial charge in [0.15, 0.2) is 0 Å². The maximum atomic E-state index is 11.2. The minimum atomic E-state index is -0.145. The van der Waals surface area contributed by atoms with Gasteiger partial charge in [0, 0.05) is 0 Å². The molecule has 0 rings (SSSR count). The first-order valence-corrected chi connectivity index (χ1v) is 4.23. The summed E-state index contributed by atoms with van der Waals surface area (Å²) >= 11 is 0. The molecule has 12 heavy (non-hydrogen) atoms. The van der Waals surface area contributed by atoms with Crippen LogP contribution in [-0.2, 0) is 9.53 Å². The molecule has 0 aliphatic heterocycles. The van der Waals surface area contributed by atoms with Crippen molar-refractivity contribution in [2.45, 2.75) is 26.3 Å². The van der Waals surface area contributed by atoms with E-state index in [0.717, 1.165) is 6.42 Å². The van der Waals surface area contributed by atoms with Crippen LogP contribution < -0.4 is 0 Å². The highest BCUT2D eigenvalue weighted by atomic mass is 16.5. The maximum Gasteiger partial charge on any atom is 0.323 e. The maximum absolute atomic E-state index is 11.2. The highest BCUT2D eigenvalue weighted by Crippen LogP contribution is 2.09. The summed E-state index contributed by atoms with van der Waals surface area (Å²) in [6.07, 6.45) is 0.847. The van der Waals surface area contributed by atoms with Gasteiger partial charge in [0.25, 0.3) is 0 Å². The first kappa shape index (κ1) is 11.4. The molecule has 0 aromatic heterocycles. The summed E-state index contributed by atoms with van der Waals surface area (Å²) in [6, 6.07) is -0.102. The zero-order valence-electron chi connectivity index (χ0n) is 8.63. The number of carbonyl (C=O) groups is 1. The van der Waals surface area contributed by atoms with E-state index < -0.39 is 0 Å². The molecule has 3 heteroatoms. The van der Waals surface area contributed by atoms with Crippen LogP contribution >= 0.6 is 0 Å². The summed E-state index contributed by atoms with van der Waals surface area (Å²) in [5.74, 6) is 0.366. The van der Waals surface area contributed by atoms with Gasteiger partial charge in [-0.15, -0.1) is 0 Å². The quantitative estimate of drug-likeness (QED) is 0.597. The van der Waals surface area contributed by atoms with Crippen LogP contribution in [-0.4, -0.2) is 38.1 Å². The summed E-state index contributed by atoms with van der Waals surface area (Å²) in [4.78, 5) is 13.1. The van der Waals surface area contributed by atoms with Gasteiger partial charge in [-0.05, 0) is 26.4 Å². The molecule has 0 spiro atoms. The van der Waals surface area contributed by atoms with Gasteiger partial charge in [-0.2, -0.15) is 0 Å². The number of ether oxygens (including phenoxy) is 1. The fraction of sp³-hybridized carbons (Fsp3) is 0.889. The number of methoxy groups -OCH3 is 1. The lowest BCUT2D eigenvalue weighted by molar-refractivity contribution is -0.146. The molecule has 0 radical (unpaired) electrons. The van der Waals surface area contributed by atoms with E-state index in [1.54, 1.807) is 0 Å². The highest BCUT2D eigenvalue weighted by Gasteiger charge is 2.21. The van der Waals surface area contributed by atoms with E-state index in [2.05, 4.69) is 13.8 Å². The predicted molar refractivity (Wildman–Crippen MR) is 48.9 cm³/mol. The molecule has 72 valence electrons. The number of hydrogen-bond donors (Lipinski definition) is 0. The average Bonchev–Trinajstić information content (AvgIpc) is 1.98. The Labute approximate surface area is 74.7 Å². The van der Waals surface area contributed by atoms with Gasteiger partial charge in [-0.25, -0.2) is 0 Å². The van der Waals surface area contributed by atoms with Crippen LogP contribution in [0.4, 0.5) is 0 Å². The minimum Gasteiger partial charge on any atom is -0.468 e. The number of esters is 1. The zero-order valence-corrected chi connectivity index (χ0v) is 8.63. The van der Waals surface area contributed by atoms with Crippen molar-refractivity contribution < 1.29 is 9.53 Å². The fourth-order valence-electron chi connectivity index (χ4n) is 1.10. The molecule has 0 N–H and O–H groups in total. The normalized spacial score (nSPS) is 13.6. The molecule has 0 unspecified atom stereocenters. The third kappa shape index (κ3) is 3.72. The van der Waals surface area contributed by atoms with Gasteiger partial charge in [0.2, 0.25) is 0 Å². The number of nitrogens with zero attached hydrogens (tertiary/aromatic N) is 1. The second kappa shape index (κ2) is 5.14. The van der Waals surface area contributed by atoms with E-state index in [1.165, 1.54) is 7.11 Å². The summed E-state index contributed by atoms with van der Waals surface area (Å²) in [6.45, 7) is 4.19. The number of likely N-dealkylation sites (N-methyl/N-ethyl adjacent to an activating group) is 1. The largest absolute Gasteiger partial charge is 0.468 e. The summed E-state index contributed by atoms with van der Waals surface area (Å²) in [5, 5.41) is 0. The second-order valence-corrected chi connectivity index (χ2v) is 3.63. The monoisotopic (exact) mass is 173 g/mol. The Kier molecular flexibility index (Phi) is 4.90. The Morgan fingerprint density at radius 2 is 1.92 bits per heavy atom. The molecular weight excluding hydrogens is 154 g/mol. The van der Waals surface area contributed by atoms with Gasteiger partial charge in [0.1, 0.15) is 6.04 Å². The van der Waals surface area contributed by atoms with Crippen LogP contribution in [0.5, 0.6) is 0 Å². The molecule has 3 nitrogen and oxygen atoms in total. The molecule has 0 fully saturated rings. The smallest absolute Gasteiger partial charge is 0.323 e. The third-order valence-electron chi connectivity index (χ3n) is 1.79. The van der Waals surface area contributed by atoms with E-state index in [1.807, 2.05) is 19.0 Å². The predicted octanol–water partition coefficient (Wildman–Crippen LogP) is 1.14. The van der Waals surface area contributed by atoms with Crippen molar-refractivity contribution in [2.75, 3.05) is 21.2 Å². The van der Waals surface area contributed by atoms with Gasteiger partial charge >= 0.3 is 5.97 Å². The van der Waals surface area contributed by atoms with E-state index in [4.69, 9.17) is 4.74 Å². The van der Waals surface area contributed by atoms with Crippen LogP contribution in [0, 0.1) is 5.92 Å². The van der Waals surface area contributed by atoms with Crippen LogP contribution in [0.25, 0.3) is 0 Å². The van der Waals surface area contributed by atoms with Crippen molar-refractivity contribution in [1.82, 2.24) is 4.90 Å². The minimum absolute atomic E-state index is 0.102. The molecule has 0 amide bonds. The highest BCUT2D eigenvalue weighted by molar-refractivity contribution is 5.75. The van der Waals surface area contributed by atoms with Gasteiger partial charge in [-0.1, -0.05) is 13.8 Å². The lowest BCUT2D eigenvalue weighted by atomic mass is 10.0. The number of carbonyl (C=O) groups excluding carboxylic acids is 1. The van der Waals surface area contributed by atoms with Gasteiger partial charge in [-0.3, -0.25) is 9.69 Å². The van der Waals surface area contributed by atoms with Crippen LogP contribution in [0.1, 0.15) is 20.3 Å². The molecular formula is C9H19NO2. The van der Waals surface area contributed by atoms with Crippen molar-refractivity contribution in [1.29, 1.82) is 0 Å². The molecule has 0 aliphatic carbocycles. The molecule has 0 bridgehead atoms. The molecule has 0 saturated heterocycles. The summed E-state index contributed by atoms with van der Waals surface area (Å²) < 4.78 is 4.69. The third-order valence-corrected chi connectivity index (χ3v) is 1.79. The molecule has 0 aromatic rings. The Morgan fingerprint density at radius 3 is 2.17 bits per heavy atom. The van der Waals surface area contributed by atoms with Crippen molar-refractivity contribution in [3.8, 4) is 0 Å². The molecule has 0 aromatic carbocycles. The van der Waals surface area contributed by atoms with E-state index in [9.17, 15) is 4.79 Å². The Balaban J connectivity index is 4.13. The first-order valence-electron chi connectivity index (χ1n) is 4.23. The van der Waals surface area contributed by atoms with Crippen LogP contribution in [0.15, 0.2) is 0 Å². The SMILES string of the molecule is COC(=O)[C@H](CC(C)C)N(C)C. The zero-order chi connectivity index (χ0) is 9.72. The standard InChI is InChI=1S/C9H19NO2/c1-7(2)6-8(10(3)4)9(11)12-5/h7-8H,6H2,1-5H3/t8-/m0/s1. The second-order valence-electron chi connectivity index (χ2n) is 3.63. The van der Waals surface area contributed by atoms with Crippen molar-refractivity contribution >= 4 is 5.97 Å². The van der Waals surface area contributed by atoms with Crippen LogP contribution in [0.3, 0.4) is 0 Å². The van der Waals surface area contributed by atoms with Crippen LogP contribution in [0.2, 0.25) is 0 Å². The lowest BCUT2D eigenvalue weighted by Gasteiger charge is -2.23. The van der Waals surface area contributed by atoms with Crippen molar-refractivity contribution in [2.24, 2.45) is 5.92 Å². The topological polar surface area (TPSA) is 29.5 Å². The van der Waals surface area contributed by atoms with Crippen molar-refractivity contribution in [3.05, 3.63) is 0 Å². The van der Waals surface area contributed by atoms with Gasteiger partial charge in [0.05, 0.1) is 7.11 Å². The molecule has 0 heterocycles. The fourth-order valence-corrected chi connectivity index (χ4v) is 1.10. The first-order chi connectivity index (χ1) is 5.49. The number of rotatable bonds is 4. The van der Waals surface area contributed by atoms with Gasteiger partial charge < -0.3 is 4.74 Å². The van der Waals surface area contributed by atoms with E-state index in [-0.39, 0.29) is 12.0 Å². The summed E-state index contributed by atoms with van der Waals surface area (Å²) in [5.41, 5.74) is 0. The Hall–Kier alpha value is -0.570. The van der Waals surface area contributed by atoms with E-state index in [0.29, 0.717) is 5.92 Å². The molecule has 1 atom stereocenters. The average molecular weight is 173 g/mol. The lowest BCUT2D eigenvalue weighted by Crippen LogP contribution is -2.37. The Morgan fingerprint density at radius 1 is 1.42 bits per heavy atom. The molecule has 0 saturated carbocycles. The van der Waals surface area contributed by atoms with E-state index >= 15 is 0 Å². The van der Waals surface area contributed by atoms with Crippen molar-refractivity contribution in [3.63, 3.8) is 0 Å². The Bertz CT molecular complexity index is 143. The molecule has 0 aliphatic rings. The summed E-state index contributed by atoms with van der Waals surface area (Å²) in [7, 11) is 5.22. The number of hydrogen-bond acceptors (Lipinski definition) is 3.